The molecule has 0 aliphatic carbocycles. The summed E-state index contributed by atoms with van der Waals surface area (Å²) in [5, 5.41) is 1.88. The normalized spacial score (nSPS) is 17.3. The standard InChI is InChI=1S/C11H16N2O/c1-14-11-3-2-9-4-6-13(12)7-5-10(9)8-11/h2-3,8H,4-7,12H2,1H3. The van der Waals surface area contributed by atoms with E-state index in [2.05, 4.69) is 12.1 Å². The number of hydrogen-bond donors (Lipinski definition) is 1. The monoisotopic (exact) mass is 192 g/mol. The van der Waals surface area contributed by atoms with Crippen molar-refractivity contribution in [2.24, 2.45) is 5.84 Å². The lowest BCUT2D eigenvalue weighted by Crippen LogP contribution is -2.33. The van der Waals surface area contributed by atoms with E-state index in [1.165, 1.54) is 11.1 Å². The van der Waals surface area contributed by atoms with Crippen LogP contribution in [0.5, 0.6) is 5.75 Å². The van der Waals surface area contributed by atoms with Gasteiger partial charge in [-0.3, -0.25) is 5.84 Å². The van der Waals surface area contributed by atoms with Crippen molar-refractivity contribution in [2.45, 2.75) is 12.8 Å². The molecule has 14 heavy (non-hydrogen) atoms. The highest BCUT2D eigenvalue weighted by Crippen LogP contribution is 2.20. The Morgan fingerprint density at radius 3 is 2.64 bits per heavy atom. The Morgan fingerprint density at radius 2 is 1.93 bits per heavy atom. The van der Waals surface area contributed by atoms with Gasteiger partial charge in [0, 0.05) is 13.1 Å². The summed E-state index contributed by atoms with van der Waals surface area (Å²) < 4.78 is 5.20. The third kappa shape index (κ3) is 1.89. The second kappa shape index (κ2) is 3.98. The molecule has 0 unspecified atom stereocenters. The van der Waals surface area contributed by atoms with E-state index in [4.69, 9.17) is 10.6 Å². The predicted molar refractivity (Wildman–Crippen MR) is 56.2 cm³/mol. The van der Waals surface area contributed by atoms with Crippen molar-refractivity contribution < 1.29 is 4.74 Å². The summed E-state index contributed by atoms with van der Waals surface area (Å²) in [6, 6.07) is 6.28. The average molecular weight is 192 g/mol. The Morgan fingerprint density at radius 1 is 1.21 bits per heavy atom. The molecule has 3 heteroatoms. The zero-order chi connectivity index (χ0) is 9.97. The van der Waals surface area contributed by atoms with E-state index in [-0.39, 0.29) is 0 Å². The zero-order valence-corrected chi connectivity index (χ0v) is 8.49. The molecule has 1 aliphatic heterocycles. The molecule has 0 fully saturated rings. The molecule has 1 aromatic carbocycles. The van der Waals surface area contributed by atoms with Gasteiger partial charge in [0.1, 0.15) is 5.75 Å². The third-order valence-electron chi connectivity index (χ3n) is 2.75. The van der Waals surface area contributed by atoms with Crippen LogP contribution < -0.4 is 10.6 Å². The number of nitrogens with two attached hydrogens (primary N) is 1. The highest BCUT2D eigenvalue weighted by molar-refractivity contribution is 5.36. The van der Waals surface area contributed by atoms with Gasteiger partial charge in [0.25, 0.3) is 0 Å². The van der Waals surface area contributed by atoms with Crippen LogP contribution in [0.15, 0.2) is 18.2 Å². The molecule has 0 amide bonds. The van der Waals surface area contributed by atoms with Crippen LogP contribution in [0.25, 0.3) is 0 Å². The van der Waals surface area contributed by atoms with Gasteiger partial charge in [0.05, 0.1) is 7.11 Å². The lowest BCUT2D eigenvalue weighted by atomic mass is 10.0. The maximum Gasteiger partial charge on any atom is 0.119 e. The molecule has 0 bridgehead atoms. The second-order valence-electron chi connectivity index (χ2n) is 3.67. The van der Waals surface area contributed by atoms with Crippen molar-refractivity contribution in [3.8, 4) is 5.75 Å². The zero-order valence-electron chi connectivity index (χ0n) is 8.49. The fourth-order valence-corrected chi connectivity index (χ4v) is 1.85. The van der Waals surface area contributed by atoms with E-state index in [0.29, 0.717) is 0 Å². The summed E-state index contributed by atoms with van der Waals surface area (Å²) in [6.07, 6.45) is 2.05. The number of hydrazine groups is 1. The first-order valence-corrected chi connectivity index (χ1v) is 4.95. The summed E-state index contributed by atoms with van der Waals surface area (Å²) in [4.78, 5) is 0. The number of fused-ring (bicyclic) bond motifs is 1. The Bertz CT molecular complexity index is 325. The van der Waals surface area contributed by atoms with Crippen molar-refractivity contribution in [2.75, 3.05) is 20.2 Å². The van der Waals surface area contributed by atoms with E-state index in [9.17, 15) is 0 Å². The lowest BCUT2D eigenvalue weighted by molar-refractivity contribution is 0.298. The number of nitrogens with zero attached hydrogens (tertiary/aromatic N) is 1. The largest absolute Gasteiger partial charge is 0.497 e. The van der Waals surface area contributed by atoms with Crippen LogP contribution >= 0.6 is 0 Å². The van der Waals surface area contributed by atoms with Crippen LogP contribution in [0.2, 0.25) is 0 Å². The van der Waals surface area contributed by atoms with Gasteiger partial charge in [-0.2, -0.15) is 0 Å². The minimum Gasteiger partial charge on any atom is -0.497 e. The lowest BCUT2D eigenvalue weighted by Gasteiger charge is -2.10. The van der Waals surface area contributed by atoms with Crippen LogP contribution in [-0.4, -0.2) is 25.2 Å². The van der Waals surface area contributed by atoms with Gasteiger partial charge >= 0.3 is 0 Å². The molecule has 1 aromatic rings. The molecule has 0 saturated heterocycles. The Kier molecular flexibility index (Phi) is 2.70. The molecule has 1 aliphatic rings. The molecular weight excluding hydrogens is 176 g/mol. The first kappa shape index (κ1) is 9.49. The maximum atomic E-state index is 5.79. The molecule has 0 saturated carbocycles. The molecule has 76 valence electrons. The van der Waals surface area contributed by atoms with Crippen molar-refractivity contribution in [3.05, 3.63) is 29.3 Å². The van der Waals surface area contributed by atoms with Gasteiger partial charge in [-0.15, -0.1) is 0 Å². The Hall–Kier alpha value is -1.06. The molecule has 0 spiro atoms. The topological polar surface area (TPSA) is 38.5 Å². The van der Waals surface area contributed by atoms with Crippen LogP contribution in [-0.2, 0) is 12.8 Å². The molecule has 3 nitrogen and oxygen atoms in total. The number of rotatable bonds is 1. The highest BCUT2D eigenvalue weighted by atomic mass is 16.5. The van der Waals surface area contributed by atoms with E-state index in [1.807, 2.05) is 11.1 Å². The van der Waals surface area contributed by atoms with Gasteiger partial charge in [-0.1, -0.05) is 6.07 Å². The number of hydrogen-bond acceptors (Lipinski definition) is 3. The Labute approximate surface area is 84.4 Å². The quantitative estimate of drug-likeness (QED) is 0.674. The Balaban J connectivity index is 2.27. The van der Waals surface area contributed by atoms with Gasteiger partial charge in [-0.05, 0) is 36.1 Å². The smallest absolute Gasteiger partial charge is 0.119 e. The average Bonchev–Trinajstić information content (AvgIpc) is 2.40. The van der Waals surface area contributed by atoms with Gasteiger partial charge in [-0.25, -0.2) is 5.01 Å². The summed E-state index contributed by atoms with van der Waals surface area (Å²) in [6.45, 7) is 1.87. The third-order valence-corrected chi connectivity index (χ3v) is 2.75. The van der Waals surface area contributed by atoms with Gasteiger partial charge in [0.2, 0.25) is 0 Å². The van der Waals surface area contributed by atoms with Crippen LogP contribution in [0.1, 0.15) is 11.1 Å². The number of benzene rings is 1. The summed E-state index contributed by atoms with van der Waals surface area (Å²) >= 11 is 0. The maximum absolute atomic E-state index is 5.79. The van der Waals surface area contributed by atoms with E-state index >= 15 is 0 Å². The van der Waals surface area contributed by atoms with E-state index in [1.54, 1.807) is 7.11 Å². The van der Waals surface area contributed by atoms with Crippen LogP contribution in [0.3, 0.4) is 0 Å². The van der Waals surface area contributed by atoms with Crippen molar-refractivity contribution in [1.82, 2.24) is 5.01 Å². The highest BCUT2D eigenvalue weighted by Gasteiger charge is 2.11. The molecular formula is C11H16N2O. The minimum absolute atomic E-state index is 0.931. The summed E-state index contributed by atoms with van der Waals surface area (Å²) in [7, 11) is 1.70. The number of methoxy groups -OCH3 is 1. The van der Waals surface area contributed by atoms with Crippen molar-refractivity contribution in [3.63, 3.8) is 0 Å². The summed E-state index contributed by atoms with van der Waals surface area (Å²) in [5.41, 5.74) is 2.77. The van der Waals surface area contributed by atoms with Gasteiger partial charge in [0.15, 0.2) is 0 Å². The molecule has 0 radical (unpaired) electrons. The second-order valence-corrected chi connectivity index (χ2v) is 3.67. The van der Waals surface area contributed by atoms with Gasteiger partial charge < -0.3 is 4.74 Å². The van der Waals surface area contributed by atoms with Crippen molar-refractivity contribution in [1.29, 1.82) is 0 Å². The number of ether oxygens (including phenoxy) is 1. The van der Waals surface area contributed by atoms with Crippen LogP contribution in [0, 0.1) is 0 Å². The predicted octanol–water partition coefficient (Wildman–Crippen LogP) is 0.969. The SMILES string of the molecule is COc1ccc2c(c1)CCN(N)CC2. The summed E-state index contributed by atoms with van der Waals surface area (Å²) in [5.74, 6) is 6.73. The molecule has 1 heterocycles. The molecule has 2 N–H and O–H groups in total. The minimum atomic E-state index is 0.931. The van der Waals surface area contributed by atoms with Crippen molar-refractivity contribution >= 4 is 0 Å². The van der Waals surface area contributed by atoms with Crippen LogP contribution in [0.4, 0.5) is 0 Å². The fourth-order valence-electron chi connectivity index (χ4n) is 1.85. The molecule has 2 rings (SSSR count). The first-order chi connectivity index (χ1) is 6.79. The first-order valence-electron chi connectivity index (χ1n) is 4.95. The van der Waals surface area contributed by atoms with E-state index < -0.39 is 0 Å². The van der Waals surface area contributed by atoms with E-state index in [0.717, 1.165) is 31.7 Å². The molecule has 0 aromatic heterocycles. The molecule has 0 atom stereocenters. The fraction of sp³-hybridized carbons (Fsp3) is 0.455.